The van der Waals surface area contributed by atoms with Crippen molar-refractivity contribution in [1.29, 1.82) is 0 Å². The highest BCUT2D eigenvalue weighted by molar-refractivity contribution is 5.39. The van der Waals surface area contributed by atoms with E-state index >= 15 is 0 Å². The van der Waals surface area contributed by atoms with Crippen LogP contribution in [-0.2, 0) is 0 Å². The van der Waals surface area contributed by atoms with E-state index in [-0.39, 0.29) is 0 Å². The Bertz CT molecular complexity index is 291. The fraction of sp³-hybridized carbons (Fsp3) is 0.500. The maximum absolute atomic E-state index is 9.58. The Kier molecular flexibility index (Phi) is 2.19. The standard InChI is InChI=1S/C10H14N2O/c1-11-9-4-7-2-3-12-6-8(7)5-10(9)13/h4,8,12-13H,1-3,5-6H2. The highest BCUT2D eigenvalue weighted by Gasteiger charge is 2.24. The lowest BCUT2D eigenvalue weighted by atomic mass is 9.85. The monoisotopic (exact) mass is 178 g/mol. The first-order chi connectivity index (χ1) is 6.31. The van der Waals surface area contributed by atoms with Crippen LogP contribution in [0.1, 0.15) is 12.8 Å². The average Bonchev–Trinajstić information content (AvgIpc) is 2.17. The number of rotatable bonds is 1. The van der Waals surface area contributed by atoms with Crippen molar-refractivity contribution in [3.8, 4) is 0 Å². The number of hydrogen-bond donors (Lipinski definition) is 2. The molecule has 1 unspecified atom stereocenters. The molecule has 2 aliphatic rings. The topological polar surface area (TPSA) is 44.6 Å². The zero-order chi connectivity index (χ0) is 9.26. The molecule has 0 radical (unpaired) electrons. The summed E-state index contributed by atoms with van der Waals surface area (Å²) in [4.78, 5) is 3.80. The van der Waals surface area contributed by atoms with Gasteiger partial charge in [-0.25, -0.2) is 0 Å². The second-order valence-corrected chi connectivity index (χ2v) is 3.56. The van der Waals surface area contributed by atoms with E-state index in [0.29, 0.717) is 23.8 Å². The molecule has 0 aromatic heterocycles. The fourth-order valence-electron chi connectivity index (χ4n) is 1.97. The summed E-state index contributed by atoms with van der Waals surface area (Å²) >= 11 is 0. The first kappa shape index (κ1) is 8.51. The summed E-state index contributed by atoms with van der Waals surface area (Å²) in [6.07, 6.45) is 3.77. The van der Waals surface area contributed by atoms with E-state index < -0.39 is 0 Å². The summed E-state index contributed by atoms with van der Waals surface area (Å²) in [5, 5.41) is 12.9. The lowest BCUT2D eigenvalue weighted by Crippen LogP contribution is -2.33. The Morgan fingerprint density at radius 2 is 2.46 bits per heavy atom. The van der Waals surface area contributed by atoms with Gasteiger partial charge in [-0.3, -0.25) is 4.99 Å². The summed E-state index contributed by atoms with van der Waals surface area (Å²) in [5.74, 6) is 0.853. The molecule has 3 heteroatoms. The maximum atomic E-state index is 9.58. The predicted octanol–water partition coefficient (Wildman–Crippen LogP) is 1.40. The Balaban J connectivity index is 2.26. The van der Waals surface area contributed by atoms with Crippen LogP contribution < -0.4 is 5.32 Å². The molecule has 1 aliphatic heterocycles. The van der Waals surface area contributed by atoms with Crippen molar-refractivity contribution in [3.63, 3.8) is 0 Å². The summed E-state index contributed by atoms with van der Waals surface area (Å²) in [5.41, 5.74) is 2.06. The molecule has 2 N–H and O–H groups in total. The fourth-order valence-corrected chi connectivity index (χ4v) is 1.97. The molecule has 0 aromatic carbocycles. The van der Waals surface area contributed by atoms with Gasteiger partial charge in [0.2, 0.25) is 0 Å². The van der Waals surface area contributed by atoms with Crippen LogP contribution in [0, 0.1) is 5.92 Å². The lowest BCUT2D eigenvalue weighted by Gasteiger charge is -2.29. The van der Waals surface area contributed by atoms with E-state index in [0.717, 1.165) is 19.5 Å². The van der Waals surface area contributed by atoms with E-state index in [4.69, 9.17) is 0 Å². The molecule has 1 fully saturated rings. The molecule has 2 rings (SSSR count). The number of aliphatic imine (C=N–C) groups is 1. The molecule has 70 valence electrons. The number of nitrogens with zero attached hydrogens (tertiary/aromatic N) is 1. The highest BCUT2D eigenvalue weighted by Crippen LogP contribution is 2.31. The molecular weight excluding hydrogens is 164 g/mol. The van der Waals surface area contributed by atoms with Crippen molar-refractivity contribution < 1.29 is 5.11 Å². The van der Waals surface area contributed by atoms with Crippen LogP contribution in [0.4, 0.5) is 0 Å². The van der Waals surface area contributed by atoms with Gasteiger partial charge in [-0.1, -0.05) is 5.57 Å². The van der Waals surface area contributed by atoms with Crippen LogP contribution in [0.3, 0.4) is 0 Å². The van der Waals surface area contributed by atoms with Crippen LogP contribution in [-0.4, -0.2) is 24.9 Å². The number of fused-ring (bicyclic) bond motifs is 1. The third-order valence-corrected chi connectivity index (χ3v) is 2.73. The number of aliphatic hydroxyl groups excluding tert-OH is 1. The van der Waals surface area contributed by atoms with E-state index in [1.165, 1.54) is 5.57 Å². The Morgan fingerprint density at radius 1 is 1.62 bits per heavy atom. The lowest BCUT2D eigenvalue weighted by molar-refractivity contribution is 0.335. The number of piperidine rings is 1. The minimum absolute atomic E-state index is 0.382. The van der Waals surface area contributed by atoms with E-state index in [2.05, 4.69) is 17.0 Å². The Hall–Kier alpha value is -1.09. The maximum Gasteiger partial charge on any atom is 0.118 e. The minimum atomic E-state index is 0.382. The number of aliphatic hydroxyl groups is 1. The van der Waals surface area contributed by atoms with Crippen molar-refractivity contribution in [2.45, 2.75) is 12.8 Å². The van der Waals surface area contributed by atoms with Gasteiger partial charge in [0.05, 0.1) is 5.70 Å². The molecule has 0 spiro atoms. The molecule has 13 heavy (non-hydrogen) atoms. The van der Waals surface area contributed by atoms with Gasteiger partial charge in [0.25, 0.3) is 0 Å². The molecule has 0 bridgehead atoms. The molecule has 0 aromatic rings. The van der Waals surface area contributed by atoms with Gasteiger partial charge >= 0.3 is 0 Å². The zero-order valence-corrected chi connectivity index (χ0v) is 7.58. The van der Waals surface area contributed by atoms with Crippen molar-refractivity contribution in [2.75, 3.05) is 13.1 Å². The molecule has 1 atom stereocenters. The number of nitrogens with one attached hydrogen (secondary N) is 1. The number of allylic oxidation sites excluding steroid dienone is 2. The van der Waals surface area contributed by atoms with Crippen molar-refractivity contribution in [1.82, 2.24) is 5.32 Å². The normalized spacial score (nSPS) is 28.0. The van der Waals surface area contributed by atoms with Gasteiger partial charge in [0.1, 0.15) is 5.76 Å². The summed E-state index contributed by atoms with van der Waals surface area (Å²) in [6.45, 7) is 5.45. The van der Waals surface area contributed by atoms with Gasteiger partial charge in [-0.15, -0.1) is 0 Å². The van der Waals surface area contributed by atoms with E-state index in [9.17, 15) is 5.11 Å². The summed E-state index contributed by atoms with van der Waals surface area (Å²) in [6, 6.07) is 0. The molecule has 0 saturated carbocycles. The van der Waals surface area contributed by atoms with Crippen LogP contribution in [0.2, 0.25) is 0 Å². The quantitative estimate of drug-likeness (QED) is 0.596. The van der Waals surface area contributed by atoms with Gasteiger partial charge in [0.15, 0.2) is 0 Å². The zero-order valence-electron chi connectivity index (χ0n) is 7.58. The predicted molar refractivity (Wildman–Crippen MR) is 52.9 cm³/mol. The Labute approximate surface area is 77.9 Å². The van der Waals surface area contributed by atoms with Gasteiger partial charge < -0.3 is 10.4 Å². The molecular formula is C10H14N2O. The van der Waals surface area contributed by atoms with Crippen LogP contribution in [0.25, 0.3) is 0 Å². The van der Waals surface area contributed by atoms with Crippen LogP contribution >= 0.6 is 0 Å². The minimum Gasteiger partial charge on any atom is -0.510 e. The van der Waals surface area contributed by atoms with Crippen molar-refractivity contribution in [2.24, 2.45) is 10.9 Å². The molecule has 1 heterocycles. The molecule has 0 amide bonds. The van der Waals surface area contributed by atoms with Crippen molar-refractivity contribution >= 4 is 6.72 Å². The summed E-state index contributed by atoms with van der Waals surface area (Å²) < 4.78 is 0. The third-order valence-electron chi connectivity index (χ3n) is 2.73. The van der Waals surface area contributed by atoms with Crippen molar-refractivity contribution in [3.05, 3.63) is 23.1 Å². The molecule has 1 aliphatic carbocycles. The van der Waals surface area contributed by atoms with Crippen LogP contribution in [0.15, 0.2) is 28.1 Å². The third kappa shape index (κ3) is 1.52. The first-order valence-corrected chi connectivity index (χ1v) is 4.61. The SMILES string of the molecule is C=NC1=C(O)CC2CNCCC2=C1. The highest BCUT2D eigenvalue weighted by atomic mass is 16.3. The Morgan fingerprint density at radius 3 is 3.23 bits per heavy atom. The smallest absolute Gasteiger partial charge is 0.118 e. The van der Waals surface area contributed by atoms with Gasteiger partial charge in [-0.2, -0.15) is 0 Å². The first-order valence-electron chi connectivity index (χ1n) is 4.61. The number of hydrogen-bond acceptors (Lipinski definition) is 3. The van der Waals surface area contributed by atoms with Gasteiger partial charge in [-0.05, 0) is 31.7 Å². The molecule has 1 saturated heterocycles. The van der Waals surface area contributed by atoms with Crippen LogP contribution in [0.5, 0.6) is 0 Å². The largest absolute Gasteiger partial charge is 0.510 e. The van der Waals surface area contributed by atoms with Gasteiger partial charge in [0, 0.05) is 13.0 Å². The van der Waals surface area contributed by atoms with E-state index in [1.807, 2.05) is 6.08 Å². The summed E-state index contributed by atoms with van der Waals surface area (Å²) in [7, 11) is 0. The second-order valence-electron chi connectivity index (χ2n) is 3.56. The van der Waals surface area contributed by atoms with E-state index in [1.54, 1.807) is 0 Å². The second kappa shape index (κ2) is 3.34. The molecule has 3 nitrogen and oxygen atoms in total. The average molecular weight is 178 g/mol.